The standard InChI is InChI=1S/C21H23N3O3S/c1-15-7-9-16(10-8-15)12-24-17(13-25)11-22-21(24)28-14-20(26)23-18-5-3-4-6-19(18)27-2/h3-11,25H,12-14H2,1-2H3,(H,23,26). The summed E-state index contributed by atoms with van der Waals surface area (Å²) in [5.41, 5.74) is 3.65. The normalized spacial score (nSPS) is 10.7. The third kappa shape index (κ3) is 4.94. The second-order valence-electron chi connectivity index (χ2n) is 6.30. The van der Waals surface area contributed by atoms with Crippen LogP contribution in [0.3, 0.4) is 0 Å². The Morgan fingerprint density at radius 3 is 2.68 bits per heavy atom. The topological polar surface area (TPSA) is 76.4 Å². The highest BCUT2D eigenvalue weighted by Gasteiger charge is 2.13. The number of para-hydroxylation sites is 2. The van der Waals surface area contributed by atoms with Crippen molar-refractivity contribution in [3.05, 3.63) is 71.5 Å². The van der Waals surface area contributed by atoms with Crippen LogP contribution in [0.1, 0.15) is 16.8 Å². The number of benzene rings is 2. The Bertz CT molecular complexity index is 938. The number of amides is 1. The van der Waals surface area contributed by atoms with Gasteiger partial charge in [-0.15, -0.1) is 0 Å². The summed E-state index contributed by atoms with van der Waals surface area (Å²) in [7, 11) is 1.57. The van der Waals surface area contributed by atoms with Gasteiger partial charge in [-0.05, 0) is 24.6 Å². The van der Waals surface area contributed by atoms with Gasteiger partial charge < -0.3 is 19.7 Å². The van der Waals surface area contributed by atoms with Gasteiger partial charge in [0.1, 0.15) is 5.75 Å². The molecule has 28 heavy (non-hydrogen) atoms. The van der Waals surface area contributed by atoms with Crippen LogP contribution in [-0.4, -0.2) is 33.4 Å². The number of imidazole rings is 1. The summed E-state index contributed by atoms with van der Waals surface area (Å²) in [4.78, 5) is 16.7. The molecule has 0 aliphatic carbocycles. The van der Waals surface area contributed by atoms with Gasteiger partial charge in [0.2, 0.25) is 5.91 Å². The molecule has 0 bridgehead atoms. The van der Waals surface area contributed by atoms with E-state index >= 15 is 0 Å². The number of aromatic nitrogens is 2. The number of rotatable bonds is 8. The number of aliphatic hydroxyl groups is 1. The maximum Gasteiger partial charge on any atom is 0.234 e. The van der Waals surface area contributed by atoms with Gasteiger partial charge in [0.15, 0.2) is 5.16 Å². The Hall–Kier alpha value is -2.77. The molecule has 7 heteroatoms. The first-order valence-corrected chi connectivity index (χ1v) is 9.85. The first-order valence-electron chi connectivity index (χ1n) is 8.87. The van der Waals surface area contributed by atoms with E-state index in [9.17, 15) is 9.90 Å². The number of aliphatic hydroxyl groups excluding tert-OH is 1. The zero-order chi connectivity index (χ0) is 19.9. The minimum atomic E-state index is -0.148. The molecule has 0 fully saturated rings. The van der Waals surface area contributed by atoms with E-state index in [4.69, 9.17) is 4.74 Å². The van der Waals surface area contributed by atoms with Crippen LogP contribution in [0.15, 0.2) is 59.9 Å². The number of nitrogens with zero attached hydrogens (tertiary/aromatic N) is 2. The second kappa shape index (κ2) is 9.43. The summed E-state index contributed by atoms with van der Waals surface area (Å²) in [5.74, 6) is 0.669. The van der Waals surface area contributed by atoms with E-state index in [1.807, 2.05) is 23.6 Å². The lowest BCUT2D eigenvalue weighted by Crippen LogP contribution is -2.15. The monoisotopic (exact) mass is 397 g/mol. The van der Waals surface area contributed by atoms with Crippen LogP contribution in [0.5, 0.6) is 5.75 Å². The summed E-state index contributed by atoms with van der Waals surface area (Å²) in [6, 6.07) is 15.5. The van der Waals surface area contributed by atoms with E-state index in [-0.39, 0.29) is 18.3 Å². The van der Waals surface area contributed by atoms with Gasteiger partial charge in [0.05, 0.1) is 37.0 Å². The molecule has 1 amide bonds. The molecule has 0 radical (unpaired) electrons. The van der Waals surface area contributed by atoms with Gasteiger partial charge in [0.25, 0.3) is 0 Å². The quantitative estimate of drug-likeness (QED) is 0.569. The number of hydrogen-bond donors (Lipinski definition) is 2. The van der Waals surface area contributed by atoms with E-state index in [1.54, 1.807) is 25.4 Å². The average Bonchev–Trinajstić information content (AvgIpc) is 3.10. The van der Waals surface area contributed by atoms with Gasteiger partial charge in [-0.25, -0.2) is 4.98 Å². The van der Waals surface area contributed by atoms with Crippen molar-refractivity contribution < 1.29 is 14.6 Å². The summed E-state index contributed by atoms with van der Waals surface area (Å²) >= 11 is 1.33. The van der Waals surface area contributed by atoms with Gasteiger partial charge in [-0.1, -0.05) is 53.7 Å². The molecule has 0 atom stereocenters. The number of ether oxygens (including phenoxy) is 1. The SMILES string of the molecule is COc1ccccc1NC(=O)CSc1ncc(CO)n1Cc1ccc(C)cc1. The van der Waals surface area contributed by atoms with Crippen molar-refractivity contribution in [2.45, 2.75) is 25.2 Å². The van der Waals surface area contributed by atoms with Crippen molar-refractivity contribution in [2.24, 2.45) is 0 Å². The predicted molar refractivity (Wildman–Crippen MR) is 111 cm³/mol. The second-order valence-corrected chi connectivity index (χ2v) is 7.24. The number of carbonyl (C=O) groups is 1. The zero-order valence-corrected chi connectivity index (χ0v) is 16.7. The fraction of sp³-hybridized carbons (Fsp3) is 0.238. The van der Waals surface area contributed by atoms with E-state index in [2.05, 4.69) is 34.6 Å². The molecule has 0 aliphatic heterocycles. The highest BCUT2D eigenvalue weighted by molar-refractivity contribution is 7.99. The third-order valence-electron chi connectivity index (χ3n) is 4.24. The Morgan fingerprint density at radius 2 is 1.96 bits per heavy atom. The highest BCUT2D eigenvalue weighted by atomic mass is 32.2. The molecule has 146 valence electrons. The molecule has 3 aromatic rings. The van der Waals surface area contributed by atoms with E-state index in [0.29, 0.717) is 28.8 Å². The number of methoxy groups -OCH3 is 1. The smallest absolute Gasteiger partial charge is 0.234 e. The van der Waals surface area contributed by atoms with Gasteiger partial charge in [-0.2, -0.15) is 0 Å². The molecule has 1 aromatic heterocycles. The lowest BCUT2D eigenvalue weighted by molar-refractivity contribution is -0.113. The van der Waals surface area contributed by atoms with E-state index in [0.717, 1.165) is 5.56 Å². The summed E-state index contributed by atoms with van der Waals surface area (Å²) in [5, 5.41) is 13.2. The Balaban J connectivity index is 1.68. The zero-order valence-electron chi connectivity index (χ0n) is 15.9. The molecule has 0 aliphatic rings. The summed E-state index contributed by atoms with van der Waals surface area (Å²) in [6.07, 6.45) is 1.65. The fourth-order valence-corrected chi connectivity index (χ4v) is 3.54. The number of carbonyl (C=O) groups excluding carboxylic acids is 1. The van der Waals surface area contributed by atoms with Crippen molar-refractivity contribution in [3.63, 3.8) is 0 Å². The van der Waals surface area contributed by atoms with E-state index in [1.165, 1.54) is 17.3 Å². The molecular formula is C21H23N3O3S. The van der Waals surface area contributed by atoms with Crippen LogP contribution in [0, 0.1) is 6.92 Å². The molecule has 2 aromatic carbocycles. The van der Waals surface area contributed by atoms with Crippen molar-refractivity contribution in [3.8, 4) is 5.75 Å². The lowest BCUT2D eigenvalue weighted by Gasteiger charge is -2.12. The van der Waals surface area contributed by atoms with Gasteiger partial charge in [-0.3, -0.25) is 4.79 Å². The van der Waals surface area contributed by atoms with Crippen LogP contribution in [-0.2, 0) is 17.9 Å². The summed E-state index contributed by atoms with van der Waals surface area (Å²) in [6.45, 7) is 2.53. The molecule has 0 unspecified atom stereocenters. The Kier molecular flexibility index (Phi) is 6.73. The number of hydrogen-bond acceptors (Lipinski definition) is 5. The molecular weight excluding hydrogens is 374 g/mol. The fourth-order valence-electron chi connectivity index (χ4n) is 2.74. The van der Waals surface area contributed by atoms with Crippen LogP contribution < -0.4 is 10.1 Å². The van der Waals surface area contributed by atoms with Gasteiger partial charge in [0, 0.05) is 6.54 Å². The van der Waals surface area contributed by atoms with Crippen LogP contribution in [0.2, 0.25) is 0 Å². The Labute approximate surface area is 168 Å². The van der Waals surface area contributed by atoms with Crippen LogP contribution >= 0.6 is 11.8 Å². The van der Waals surface area contributed by atoms with Crippen LogP contribution in [0.4, 0.5) is 5.69 Å². The number of anilines is 1. The highest BCUT2D eigenvalue weighted by Crippen LogP contribution is 2.25. The molecule has 0 spiro atoms. The number of nitrogens with one attached hydrogen (secondary N) is 1. The summed E-state index contributed by atoms with van der Waals surface area (Å²) < 4.78 is 7.19. The largest absolute Gasteiger partial charge is 0.495 e. The first kappa shape index (κ1) is 20.0. The van der Waals surface area contributed by atoms with Crippen molar-refractivity contribution in [1.82, 2.24) is 9.55 Å². The maximum atomic E-state index is 12.4. The molecule has 0 saturated carbocycles. The van der Waals surface area contributed by atoms with Crippen LogP contribution in [0.25, 0.3) is 0 Å². The first-order chi connectivity index (χ1) is 13.6. The molecule has 1 heterocycles. The Morgan fingerprint density at radius 1 is 1.21 bits per heavy atom. The maximum absolute atomic E-state index is 12.4. The minimum absolute atomic E-state index is 0.104. The molecule has 0 saturated heterocycles. The lowest BCUT2D eigenvalue weighted by atomic mass is 10.1. The van der Waals surface area contributed by atoms with Crippen molar-refractivity contribution >= 4 is 23.4 Å². The minimum Gasteiger partial charge on any atom is -0.495 e. The van der Waals surface area contributed by atoms with Gasteiger partial charge >= 0.3 is 0 Å². The third-order valence-corrected chi connectivity index (χ3v) is 5.23. The number of thioether (sulfide) groups is 1. The van der Waals surface area contributed by atoms with E-state index < -0.39 is 0 Å². The van der Waals surface area contributed by atoms with Crippen molar-refractivity contribution in [2.75, 3.05) is 18.2 Å². The number of aryl methyl sites for hydroxylation is 1. The molecule has 2 N–H and O–H groups in total. The average molecular weight is 398 g/mol. The molecule has 3 rings (SSSR count). The predicted octanol–water partition coefficient (Wildman–Crippen LogP) is 3.47. The van der Waals surface area contributed by atoms with Crippen molar-refractivity contribution in [1.29, 1.82) is 0 Å². The molecule has 6 nitrogen and oxygen atoms in total.